The quantitative estimate of drug-likeness (QED) is 0.859. The minimum atomic E-state index is -3.47. The van der Waals surface area contributed by atoms with Gasteiger partial charge in [0.2, 0.25) is 0 Å². The molecule has 0 bridgehead atoms. The Morgan fingerprint density at radius 3 is 2.30 bits per heavy atom. The maximum Gasteiger partial charge on any atom is 0.279 e. The molecule has 1 aliphatic heterocycles. The Labute approximate surface area is 139 Å². The molecule has 1 heterocycles. The van der Waals surface area contributed by atoms with Crippen LogP contribution in [-0.2, 0) is 16.8 Å². The zero-order valence-corrected chi connectivity index (χ0v) is 15.0. The van der Waals surface area contributed by atoms with Crippen LogP contribution in [0.2, 0.25) is 0 Å². The topological polar surface area (TPSA) is 67.9 Å². The third-order valence-corrected chi connectivity index (χ3v) is 5.57. The Hall–Kier alpha value is -1.31. The summed E-state index contributed by atoms with van der Waals surface area (Å²) in [4.78, 5) is 0. The molecule has 130 valence electrons. The molecule has 1 aromatic carbocycles. The van der Waals surface area contributed by atoms with Gasteiger partial charge >= 0.3 is 0 Å². The maximum atomic E-state index is 12.5. The van der Waals surface area contributed by atoms with E-state index in [-0.39, 0.29) is 6.54 Å². The minimum Gasteiger partial charge on any atom is -0.493 e. The minimum absolute atomic E-state index is 0.224. The van der Waals surface area contributed by atoms with Crippen molar-refractivity contribution in [1.29, 1.82) is 0 Å². The van der Waals surface area contributed by atoms with Crippen molar-refractivity contribution >= 4 is 10.2 Å². The van der Waals surface area contributed by atoms with Crippen molar-refractivity contribution in [3.05, 3.63) is 23.8 Å². The fourth-order valence-corrected chi connectivity index (χ4v) is 4.49. The molecule has 1 aliphatic rings. The van der Waals surface area contributed by atoms with Crippen molar-refractivity contribution in [2.24, 2.45) is 11.8 Å². The van der Waals surface area contributed by atoms with Crippen LogP contribution in [0.15, 0.2) is 18.2 Å². The number of rotatable bonds is 6. The van der Waals surface area contributed by atoms with Crippen LogP contribution in [0.4, 0.5) is 0 Å². The number of nitrogens with zero attached hydrogens (tertiary/aromatic N) is 1. The summed E-state index contributed by atoms with van der Waals surface area (Å²) < 4.78 is 39.6. The molecule has 1 saturated heterocycles. The molecule has 1 aromatic rings. The first-order chi connectivity index (χ1) is 10.9. The molecule has 0 saturated carbocycles. The van der Waals surface area contributed by atoms with E-state index < -0.39 is 10.2 Å². The Morgan fingerprint density at radius 1 is 1.13 bits per heavy atom. The molecule has 0 spiro atoms. The van der Waals surface area contributed by atoms with Crippen LogP contribution < -0.4 is 14.2 Å². The van der Waals surface area contributed by atoms with Gasteiger partial charge in [0.25, 0.3) is 10.2 Å². The third-order valence-electron chi connectivity index (χ3n) is 4.08. The van der Waals surface area contributed by atoms with Crippen molar-refractivity contribution in [3.63, 3.8) is 0 Å². The predicted molar refractivity (Wildman–Crippen MR) is 89.8 cm³/mol. The molecular formula is C16H26N2O4S. The maximum absolute atomic E-state index is 12.5. The first-order valence-corrected chi connectivity index (χ1v) is 9.25. The van der Waals surface area contributed by atoms with Crippen LogP contribution in [0.3, 0.4) is 0 Å². The van der Waals surface area contributed by atoms with Gasteiger partial charge in [0, 0.05) is 19.6 Å². The Morgan fingerprint density at radius 2 is 1.74 bits per heavy atom. The van der Waals surface area contributed by atoms with E-state index in [4.69, 9.17) is 9.47 Å². The number of nitrogens with one attached hydrogen (secondary N) is 1. The lowest BCUT2D eigenvalue weighted by Crippen LogP contribution is -2.47. The van der Waals surface area contributed by atoms with Crippen LogP contribution in [0.25, 0.3) is 0 Å². The van der Waals surface area contributed by atoms with E-state index in [1.807, 2.05) is 6.07 Å². The van der Waals surface area contributed by atoms with E-state index in [1.165, 1.54) is 0 Å². The molecule has 1 fully saturated rings. The van der Waals surface area contributed by atoms with Crippen LogP contribution in [-0.4, -0.2) is 40.0 Å². The van der Waals surface area contributed by atoms with Crippen LogP contribution >= 0.6 is 0 Å². The molecule has 23 heavy (non-hydrogen) atoms. The molecule has 1 N–H and O–H groups in total. The summed E-state index contributed by atoms with van der Waals surface area (Å²) >= 11 is 0. The number of methoxy groups -OCH3 is 2. The third kappa shape index (κ3) is 4.59. The average molecular weight is 342 g/mol. The van der Waals surface area contributed by atoms with E-state index in [2.05, 4.69) is 18.6 Å². The van der Waals surface area contributed by atoms with Crippen molar-refractivity contribution in [1.82, 2.24) is 9.03 Å². The highest BCUT2D eigenvalue weighted by atomic mass is 32.2. The molecule has 0 radical (unpaired) electrons. The summed E-state index contributed by atoms with van der Waals surface area (Å²) in [6, 6.07) is 5.38. The van der Waals surface area contributed by atoms with E-state index in [0.29, 0.717) is 36.4 Å². The number of ether oxygens (including phenoxy) is 2. The van der Waals surface area contributed by atoms with Gasteiger partial charge in [-0.05, 0) is 36.0 Å². The van der Waals surface area contributed by atoms with Gasteiger partial charge in [-0.1, -0.05) is 19.9 Å². The molecular weight excluding hydrogens is 316 g/mol. The fraction of sp³-hybridized carbons (Fsp3) is 0.625. The first-order valence-electron chi connectivity index (χ1n) is 7.81. The molecule has 2 rings (SSSR count). The molecule has 2 atom stereocenters. The lowest BCUT2D eigenvalue weighted by atomic mass is 9.94. The number of hydrogen-bond donors (Lipinski definition) is 1. The normalized spacial score (nSPS) is 22.8. The van der Waals surface area contributed by atoms with Gasteiger partial charge in [0.1, 0.15) is 0 Å². The zero-order valence-electron chi connectivity index (χ0n) is 14.2. The molecule has 0 aliphatic carbocycles. The van der Waals surface area contributed by atoms with Crippen LogP contribution in [0.1, 0.15) is 25.8 Å². The van der Waals surface area contributed by atoms with Gasteiger partial charge in [0.15, 0.2) is 11.5 Å². The molecule has 7 heteroatoms. The van der Waals surface area contributed by atoms with Crippen molar-refractivity contribution in [2.45, 2.75) is 26.8 Å². The van der Waals surface area contributed by atoms with E-state index in [9.17, 15) is 8.42 Å². The van der Waals surface area contributed by atoms with Gasteiger partial charge in [-0.25, -0.2) is 0 Å². The molecule has 6 nitrogen and oxygen atoms in total. The number of benzene rings is 1. The lowest BCUT2D eigenvalue weighted by molar-refractivity contribution is 0.220. The van der Waals surface area contributed by atoms with Crippen molar-refractivity contribution in [3.8, 4) is 11.5 Å². The van der Waals surface area contributed by atoms with Crippen molar-refractivity contribution < 1.29 is 17.9 Å². The summed E-state index contributed by atoms with van der Waals surface area (Å²) in [5.41, 5.74) is 0.823. The Bertz CT molecular complexity index is 623. The summed E-state index contributed by atoms with van der Waals surface area (Å²) in [6.07, 6.45) is 1.07. The Kier molecular flexibility index (Phi) is 5.89. The number of piperidine rings is 1. The zero-order chi connectivity index (χ0) is 17.0. The lowest BCUT2D eigenvalue weighted by Gasteiger charge is -2.33. The average Bonchev–Trinajstić information content (AvgIpc) is 2.51. The highest BCUT2D eigenvalue weighted by Crippen LogP contribution is 2.28. The SMILES string of the molecule is COc1ccc(CNS(=O)(=O)N2C[C@@H](C)C[C@H](C)C2)cc1OC. The highest BCUT2D eigenvalue weighted by Gasteiger charge is 2.30. The van der Waals surface area contributed by atoms with E-state index in [0.717, 1.165) is 12.0 Å². The van der Waals surface area contributed by atoms with Gasteiger partial charge in [-0.2, -0.15) is 17.4 Å². The summed E-state index contributed by atoms with van der Waals surface area (Å²) in [7, 11) is -0.345. The van der Waals surface area contributed by atoms with Gasteiger partial charge in [-0.15, -0.1) is 0 Å². The smallest absolute Gasteiger partial charge is 0.279 e. The summed E-state index contributed by atoms with van der Waals surface area (Å²) in [5, 5.41) is 0. The Balaban J connectivity index is 2.04. The van der Waals surface area contributed by atoms with E-state index >= 15 is 0 Å². The monoisotopic (exact) mass is 342 g/mol. The van der Waals surface area contributed by atoms with Crippen molar-refractivity contribution in [2.75, 3.05) is 27.3 Å². The molecule has 0 amide bonds. The van der Waals surface area contributed by atoms with Crippen LogP contribution in [0.5, 0.6) is 11.5 Å². The van der Waals surface area contributed by atoms with Gasteiger partial charge < -0.3 is 9.47 Å². The standard InChI is InChI=1S/C16H26N2O4S/c1-12-7-13(2)11-18(10-12)23(19,20)17-9-14-5-6-15(21-3)16(8-14)22-4/h5-6,8,12-13,17H,7,9-11H2,1-4H3/t12-,13-/m0/s1. The molecule has 0 aromatic heterocycles. The van der Waals surface area contributed by atoms with E-state index in [1.54, 1.807) is 30.7 Å². The second kappa shape index (κ2) is 7.51. The first kappa shape index (κ1) is 18.0. The second-order valence-electron chi connectivity index (χ2n) is 6.28. The van der Waals surface area contributed by atoms with Gasteiger partial charge in [0.05, 0.1) is 14.2 Å². The summed E-state index contributed by atoms with van der Waals surface area (Å²) in [6.45, 7) is 5.55. The largest absolute Gasteiger partial charge is 0.493 e. The summed E-state index contributed by atoms with van der Waals surface area (Å²) in [5.74, 6) is 1.98. The number of hydrogen-bond acceptors (Lipinski definition) is 4. The highest BCUT2D eigenvalue weighted by molar-refractivity contribution is 7.87. The van der Waals surface area contributed by atoms with Gasteiger partial charge in [-0.3, -0.25) is 0 Å². The predicted octanol–water partition coefficient (Wildman–Crippen LogP) is 2.02. The fourth-order valence-electron chi connectivity index (χ4n) is 3.06. The second-order valence-corrected chi connectivity index (χ2v) is 8.03. The molecule has 0 unspecified atom stereocenters. The van der Waals surface area contributed by atoms with Crippen LogP contribution in [0, 0.1) is 11.8 Å².